The number of carbonyl (C=O) groups is 1. The molecule has 19 heavy (non-hydrogen) atoms. The van der Waals surface area contributed by atoms with Gasteiger partial charge in [-0.25, -0.2) is 0 Å². The third-order valence-corrected chi connectivity index (χ3v) is 3.76. The maximum atomic E-state index is 11.6. The highest BCUT2D eigenvalue weighted by molar-refractivity contribution is 5.76. The summed E-state index contributed by atoms with van der Waals surface area (Å²) >= 11 is 0. The van der Waals surface area contributed by atoms with Crippen molar-refractivity contribution in [1.82, 2.24) is 15.5 Å². The first-order valence-electron chi connectivity index (χ1n) is 7.84. The SMILES string of the molecule is CCN1CCCC(NCCC(=O)NCC(C)C)CC1. The lowest BCUT2D eigenvalue weighted by Crippen LogP contribution is -2.35. The van der Waals surface area contributed by atoms with Crippen LogP contribution in [0.4, 0.5) is 0 Å². The molecule has 0 bridgehead atoms. The van der Waals surface area contributed by atoms with Crippen molar-refractivity contribution in [2.45, 2.75) is 52.5 Å². The molecule has 1 unspecified atom stereocenters. The number of nitrogens with zero attached hydrogens (tertiary/aromatic N) is 1. The van der Waals surface area contributed by atoms with Gasteiger partial charge in [0.15, 0.2) is 0 Å². The summed E-state index contributed by atoms with van der Waals surface area (Å²) in [5.41, 5.74) is 0. The largest absolute Gasteiger partial charge is 0.356 e. The Morgan fingerprint density at radius 2 is 2.11 bits per heavy atom. The molecule has 1 heterocycles. The Labute approximate surface area is 118 Å². The second-order valence-corrected chi connectivity index (χ2v) is 5.96. The van der Waals surface area contributed by atoms with E-state index in [1.807, 2.05) is 0 Å². The van der Waals surface area contributed by atoms with Gasteiger partial charge in [-0.3, -0.25) is 4.79 Å². The Morgan fingerprint density at radius 3 is 2.79 bits per heavy atom. The topological polar surface area (TPSA) is 44.4 Å². The molecule has 0 radical (unpaired) electrons. The highest BCUT2D eigenvalue weighted by Crippen LogP contribution is 2.10. The Kier molecular flexibility index (Phi) is 8.07. The van der Waals surface area contributed by atoms with Gasteiger partial charge >= 0.3 is 0 Å². The number of hydrogen-bond acceptors (Lipinski definition) is 3. The normalized spacial score (nSPS) is 21.4. The van der Waals surface area contributed by atoms with E-state index < -0.39 is 0 Å². The molecule has 1 aliphatic heterocycles. The Hall–Kier alpha value is -0.610. The highest BCUT2D eigenvalue weighted by atomic mass is 16.1. The first-order chi connectivity index (χ1) is 9.11. The van der Waals surface area contributed by atoms with Crippen LogP contribution in [0.3, 0.4) is 0 Å². The molecule has 4 nitrogen and oxygen atoms in total. The third-order valence-electron chi connectivity index (χ3n) is 3.76. The average molecular weight is 269 g/mol. The van der Waals surface area contributed by atoms with Crippen molar-refractivity contribution in [1.29, 1.82) is 0 Å². The maximum absolute atomic E-state index is 11.6. The predicted octanol–water partition coefficient (Wildman–Crippen LogP) is 1.61. The van der Waals surface area contributed by atoms with Gasteiger partial charge in [0.1, 0.15) is 0 Å². The number of rotatable bonds is 7. The van der Waals surface area contributed by atoms with Gasteiger partial charge in [0, 0.05) is 25.6 Å². The molecule has 4 heteroatoms. The minimum atomic E-state index is 0.171. The van der Waals surface area contributed by atoms with Crippen molar-refractivity contribution >= 4 is 5.91 Å². The van der Waals surface area contributed by atoms with E-state index in [0.29, 0.717) is 18.4 Å². The van der Waals surface area contributed by atoms with Crippen molar-refractivity contribution in [2.24, 2.45) is 5.92 Å². The summed E-state index contributed by atoms with van der Waals surface area (Å²) in [4.78, 5) is 14.1. The van der Waals surface area contributed by atoms with Crippen LogP contribution in [0.5, 0.6) is 0 Å². The van der Waals surface area contributed by atoms with Crippen molar-refractivity contribution in [3.8, 4) is 0 Å². The summed E-state index contributed by atoms with van der Waals surface area (Å²) in [5.74, 6) is 0.698. The van der Waals surface area contributed by atoms with Gasteiger partial charge in [-0.2, -0.15) is 0 Å². The van der Waals surface area contributed by atoms with E-state index in [-0.39, 0.29) is 5.91 Å². The van der Waals surface area contributed by atoms with E-state index in [2.05, 4.69) is 36.3 Å². The zero-order valence-electron chi connectivity index (χ0n) is 12.9. The van der Waals surface area contributed by atoms with Gasteiger partial charge in [0.2, 0.25) is 5.91 Å². The first kappa shape index (κ1) is 16.4. The fourth-order valence-electron chi connectivity index (χ4n) is 2.47. The van der Waals surface area contributed by atoms with Crippen molar-refractivity contribution in [2.75, 3.05) is 32.7 Å². The van der Waals surface area contributed by atoms with Gasteiger partial charge in [-0.15, -0.1) is 0 Å². The van der Waals surface area contributed by atoms with Gasteiger partial charge in [0.05, 0.1) is 0 Å². The molecule has 1 atom stereocenters. The summed E-state index contributed by atoms with van der Waals surface area (Å²) in [6.45, 7) is 11.6. The monoisotopic (exact) mass is 269 g/mol. The standard InChI is InChI=1S/C15H31N3O/c1-4-18-10-5-6-14(8-11-18)16-9-7-15(19)17-12-13(2)3/h13-14,16H,4-12H2,1-3H3,(H,17,19). The summed E-state index contributed by atoms with van der Waals surface area (Å²) in [6, 6.07) is 0.592. The molecule has 0 aliphatic carbocycles. The Balaban J connectivity index is 2.10. The average Bonchev–Trinajstić information content (AvgIpc) is 2.61. The molecule has 0 aromatic rings. The molecule has 0 aromatic carbocycles. The van der Waals surface area contributed by atoms with Gasteiger partial charge in [-0.05, 0) is 44.8 Å². The van der Waals surface area contributed by atoms with Gasteiger partial charge in [0.25, 0.3) is 0 Å². The number of amides is 1. The zero-order chi connectivity index (χ0) is 14.1. The molecule has 1 rings (SSSR count). The molecule has 0 saturated carbocycles. The molecular formula is C15H31N3O. The van der Waals surface area contributed by atoms with E-state index in [1.54, 1.807) is 0 Å². The smallest absolute Gasteiger partial charge is 0.221 e. The van der Waals surface area contributed by atoms with Crippen LogP contribution in [0, 0.1) is 5.92 Å². The van der Waals surface area contributed by atoms with Gasteiger partial charge in [-0.1, -0.05) is 20.8 Å². The molecule has 0 aromatic heterocycles. The second kappa shape index (κ2) is 9.32. The van der Waals surface area contributed by atoms with Crippen LogP contribution in [0.15, 0.2) is 0 Å². The van der Waals surface area contributed by atoms with Crippen molar-refractivity contribution in [3.05, 3.63) is 0 Å². The minimum absolute atomic E-state index is 0.171. The molecule has 1 fully saturated rings. The lowest BCUT2D eigenvalue weighted by atomic mass is 10.1. The molecule has 1 amide bonds. The first-order valence-corrected chi connectivity index (χ1v) is 7.84. The van der Waals surface area contributed by atoms with Crippen LogP contribution in [0.2, 0.25) is 0 Å². The van der Waals surface area contributed by atoms with Crippen molar-refractivity contribution < 1.29 is 4.79 Å². The van der Waals surface area contributed by atoms with E-state index in [1.165, 1.54) is 32.4 Å². The summed E-state index contributed by atoms with van der Waals surface area (Å²) in [7, 11) is 0. The Bertz CT molecular complexity index is 256. The predicted molar refractivity (Wildman–Crippen MR) is 80.2 cm³/mol. The molecule has 1 saturated heterocycles. The van der Waals surface area contributed by atoms with E-state index >= 15 is 0 Å². The molecule has 1 aliphatic rings. The molecular weight excluding hydrogens is 238 g/mol. The lowest BCUT2D eigenvalue weighted by molar-refractivity contribution is -0.121. The lowest BCUT2D eigenvalue weighted by Gasteiger charge is -2.18. The fourth-order valence-corrected chi connectivity index (χ4v) is 2.47. The van der Waals surface area contributed by atoms with Crippen LogP contribution < -0.4 is 10.6 Å². The number of hydrogen-bond donors (Lipinski definition) is 2. The minimum Gasteiger partial charge on any atom is -0.356 e. The van der Waals surface area contributed by atoms with Gasteiger partial charge < -0.3 is 15.5 Å². The molecule has 2 N–H and O–H groups in total. The zero-order valence-corrected chi connectivity index (χ0v) is 12.9. The van der Waals surface area contributed by atoms with Crippen LogP contribution in [0.1, 0.15) is 46.5 Å². The fraction of sp³-hybridized carbons (Fsp3) is 0.933. The number of nitrogens with one attached hydrogen (secondary N) is 2. The van der Waals surface area contributed by atoms with E-state index in [9.17, 15) is 4.79 Å². The summed E-state index contributed by atoms with van der Waals surface area (Å²) in [5, 5.41) is 6.50. The third kappa shape index (κ3) is 7.53. The number of carbonyl (C=O) groups excluding carboxylic acids is 1. The Morgan fingerprint density at radius 1 is 1.32 bits per heavy atom. The van der Waals surface area contributed by atoms with Crippen LogP contribution in [0.25, 0.3) is 0 Å². The van der Waals surface area contributed by atoms with Crippen LogP contribution in [-0.4, -0.2) is 49.6 Å². The van der Waals surface area contributed by atoms with Crippen LogP contribution in [-0.2, 0) is 4.79 Å². The summed E-state index contributed by atoms with van der Waals surface area (Å²) in [6.07, 6.45) is 4.32. The van der Waals surface area contributed by atoms with Crippen molar-refractivity contribution in [3.63, 3.8) is 0 Å². The summed E-state index contributed by atoms with van der Waals surface area (Å²) < 4.78 is 0. The van der Waals surface area contributed by atoms with Crippen LogP contribution >= 0.6 is 0 Å². The quantitative estimate of drug-likeness (QED) is 0.738. The molecule has 112 valence electrons. The highest BCUT2D eigenvalue weighted by Gasteiger charge is 2.15. The number of likely N-dealkylation sites (tertiary alicyclic amines) is 1. The van der Waals surface area contributed by atoms with E-state index in [4.69, 9.17) is 0 Å². The van der Waals surface area contributed by atoms with E-state index in [0.717, 1.165) is 19.6 Å². The molecule has 0 spiro atoms. The maximum Gasteiger partial charge on any atom is 0.221 e. The second-order valence-electron chi connectivity index (χ2n) is 5.96.